The van der Waals surface area contributed by atoms with Gasteiger partial charge in [0, 0.05) is 13.1 Å². The van der Waals surface area contributed by atoms with Crippen LogP contribution in [0.3, 0.4) is 0 Å². The number of hydrogen-bond donors (Lipinski definition) is 1. The molecule has 0 spiro atoms. The van der Waals surface area contributed by atoms with Crippen LogP contribution in [0.1, 0.15) is 25.7 Å². The number of halogens is 1. The topological polar surface area (TPSA) is 55.0 Å². The van der Waals surface area contributed by atoms with E-state index < -0.39 is 0 Å². The molecule has 2 atom stereocenters. The van der Waals surface area contributed by atoms with Crippen LogP contribution in [-0.2, 0) is 0 Å². The van der Waals surface area contributed by atoms with Crippen LogP contribution in [0.4, 0.5) is 5.82 Å². The molecule has 0 aliphatic heterocycles. The molecule has 1 fully saturated rings. The number of anilines is 1. The molecule has 4 nitrogen and oxygen atoms in total. The highest BCUT2D eigenvalue weighted by Gasteiger charge is 2.28. The summed E-state index contributed by atoms with van der Waals surface area (Å²) in [5.41, 5.74) is 5.85. The molecule has 0 bridgehead atoms. The lowest BCUT2D eigenvalue weighted by Gasteiger charge is -2.38. The Balaban J connectivity index is 2.15. The molecule has 0 amide bonds. The van der Waals surface area contributed by atoms with Crippen molar-refractivity contribution in [2.75, 3.05) is 18.5 Å². The minimum atomic E-state index is 0.439. The molecule has 2 rings (SSSR count). The van der Waals surface area contributed by atoms with Crippen molar-refractivity contribution in [2.45, 2.75) is 31.7 Å². The van der Waals surface area contributed by atoms with E-state index in [0.717, 1.165) is 12.4 Å². The molecule has 1 saturated carbocycles. The maximum absolute atomic E-state index is 5.87. The summed E-state index contributed by atoms with van der Waals surface area (Å²) in [6.45, 7) is 0.739. The second-order valence-electron chi connectivity index (χ2n) is 4.66. The van der Waals surface area contributed by atoms with E-state index in [0.29, 0.717) is 17.1 Å². The van der Waals surface area contributed by atoms with Crippen molar-refractivity contribution >= 4 is 17.4 Å². The zero-order valence-corrected chi connectivity index (χ0v) is 10.9. The Morgan fingerprint density at radius 1 is 1.41 bits per heavy atom. The van der Waals surface area contributed by atoms with Gasteiger partial charge < -0.3 is 10.6 Å². The number of hydrogen-bond acceptors (Lipinski definition) is 4. The summed E-state index contributed by atoms with van der Waals surface area (Å²) in [7, 11) is 2.05. The highest BCUT2D eigenvalue weighted by Crippen LogP contribution is 2.29. The molecule has 5 heteroatoms. The lowest BCUT2D eigenvalue weighted by atomic mass is 9.84. The molecule has 0 saturated heterocycles. The summed E-state index contributed by atoms with van der Waals surface area (Å²) in [5.74, 6) is 1.39. The highest BCUT2D eigenvalue weighted by atomic mass is 35.5. The Labute approximate surface area is 107 Å². The lowest BCUT2D eigenvalue weighted by molar-refractivity contribution is 0.305. The molecule has 1 aromatic rings. The van der Waals surface area contributed by atoms with Gasteiger partial charge in [0.2, 0.25) is 0 Å². The second-order valence-corrected chi connectivity index (χ2v) is 5.05. The molecule has 0 radical (unpaired) electrons. The van der Waals surface area contributed by atoms with Gasteiger partial charge in [-0.3, -0.25) is 4.98 Å². The molecule has 2 N–H and O–H groups in total. The van der Waals surface area contributed by atoms with E-state index in [4.69, 9.17) is 17.3 Å². The fraction of sp³-hybridized carbons (Fsp3) is 0.667. The van der Waals surface area contributed by atoms with Crippen molar-refractivity contribution in [2.24, 2.45) is 11.7 Å². The van der Waals surface area contributed by atoms with Gasteiger partial charge in [0.25, 0.3) is 0 Å². The molecule has 1 aliphatic rings. The molecule has 1 heterocycles. The van der Waals surface area contributed by atoms with Crippen LogP contribution in [0.15, 0.2) is 12.4 Å². The lowest BCUT2D eigenvalue weighted by Crippen LogP contribution is -2.43. The maximum Gasteiger partial charge on any atom is 0.149 e. The first kappa shape index (κ1) is 12.6. The quantitative estimate of drug-likeness (QED) is 0.897. The van der Waals surface area contributed by atoms with Crippen molar-refractivity contribution < 1.29 is 0 Å². The van der Waals surface area contributed by atoms with Crippen molar-refractivity contribution in [1.29, 1.82) is 0 Å². The normalized spacial score (nSPS) is 24.6. The summed E-state index contributed by atoms with van der Waals surface area (Å²) in [4.78, 5) is 10.6. The molecular weight excluding hydrogens is 236 g/mol. The van der Waals surface area contributed by atoms with E-state index in [-0.39, 0.29) is 0 Å². The summed E-state index contributed by atoms with van der Waals surface area (Å²) in [6, 6.07) is 0.460. The van der Waals surface area contributed by atoms with Crippen LogP contribution in [0.5, 0.6) is 0 Å². The zero-order valence-electron chi connectivity index (χ0n) is 10.1. The summed E-state index contributed by atoms with van der Waals surface area (Å²) < 4.78 is 0. The van der Waals surface area contributed by atoms with Gasteiger partial charge in [-0.05, 0) is 25.3 Å². The van der Waals surface area contributed by atoms with E-state index in [1.54, 1.807) is 12.4 Å². The third-order valence-corrected chi connectivity index (χ3v) is 3.81. The molecule has 1 aliphatic carbocycles. The van der Waals surface area contributed by atoms with Gasteiger partial charge in [-0.25, -0.2) is 4.98 Å². The fourth-order valence-corrected chi connectivity index (χ4v) is 2.79. The molecular formula is C12H19ClN4. The standard InChI is InChI=1S/C12H19ClN4/c1-17(12-8-15-7-11(13)16-12)10-5-3-2-4-9(10)6-14/h7-10H,2-6,14H2,1H3. The van der Waals surface area contributed by atoms with Crippen LogP contribution in [0.25, 0.3) is 0 Å². The smallest absolute Gasteiger partial charge is 0.149 e. The van der Waals surface area contributed by atoms with Crippen LogP contribution >= 0.6 is 11.6 Å². The fourth-order valence-electron chi connectivity index (χ4n) is 2.65. The minimum absolute atomic E-state index is 0.439. The second kappa shape index (κ2) is 5.65. The Morgan fingerprint density at radius 2 is 2.18 bits per heavy atom. The van der Waals surface area contributed by atoms with Gasteiger partial charge in [0.15, 0.2) is 0 Å². The third kappa shape index (κ3) is 2.87. The van der Waals surface area contributed by atoms with Crippen molar-refractivity contribution in [3.8, 4) is 0 Å². The van der Waals surface area contributed by atoms with E-state index in [2.05, 4.69) is 21.9 Å². The SMILES string of the molecule is CN(c1cncc(Cl)n1)C1CCCCC1CN. The van der Waals surface area contributed by atoms with Crippen molar-refractivity contribution in [3.05, 3.63) is 17.5 Å². The van der Waals surface area contributed by atoms with Gasteiger partial charge in [-0.2, -0.15) is 0 Å². The number of rotatable bonds is 3. The van der Waals surface area contributed by atoms with Gasteiger partial charge in [-0.1, -0.05) is 24.4 Å². The Morgan fingerprint density at radius 3 is 2.88 bits per heavy atom. The third-order valence-electron chi connectivity index (χ3n) is 3.62. The number of aromatic nitrogens is 2. The molecule has 17 heavy (non-hydrogen) atoms. The predicted molar refractivity (Wildman–Crippen MR) is 70.2 cm³/mol. The number of nitrogens with two attached hydrogens (primary N) is 1. The van der Waals surface area contributed by atoms with Gasteiger partial charge in [0.1, 0.15) is 11.0 Å². The first-order valence-electron chi connectivity index (χ1n) is 6.13. The van der Waals surface area contributed by atoms with Crippen LogP contribution < -0.4 is 10.6 Å². The maximum atomic E-state index is 5.87. The van der Waals surface area contributed by atoms with E-state index >= 15 is 0 Å². The van der Waals surface area contributed by atoms with E-state index in [1.165, 1.54) is 25.7 Å². The molecule has 2 unspecified atom stereocenters. The van der Waals surface area contributed by atoms with Gasteiger partial charge in [-0.15, -0.1) is 0 Å². The average molecular weight is 255 g/mol. The largest absolute Gasteiger partial charge is 0.355 e. The number of nitrogens with zero attached hydrogens (tertiary/aromatic N) is 3. The Hall–Kier alpha value is -0.870. The Bertz CT molecular complexity index is 371. The predicted octanol–water partition coefficient (Wildman–Crippen LogP) is 2.08. The van der Waals surface area contributed by atoms with E-state index in [1.807, 2.05) is 0 Å². The molecule has 1 aromatic heterocycles. The van der Waals surface area contributed by atoms with Gasteiger partial charge in [0.05, 0.1) is 12.4 Å². The monoisotopic (exact) mass is 254 g/mol. The molecule has 94 valence electrons. The average Bonchev–Trinajstić information content (AvgIpc) is 2.38. The van der Waals surface area contributed by atoms with Crippen molar-refractivity contribution in [3.63, 3.8) is 0 Å². The first-order chi connectivity index (χ1) is 8.22. The van der Waals surface area contributed by atoms with E-state index in [9.17, 15) is 0 Å². The minimum Gasteiger partial charge on any atom is -0.355 e. The summed E-state index contributed by atoms with van der Waals surface area (Å²) >= 11 is 5.87. The van der Waals surface area contributed by atoms with Crippen LogP contribution in [0, 0.1) is 5.92 Å². The molecule has 0 aromatic carbocycles. The van der Waals surface area contributed by atoms with Crippen molar-refractivity contribution in [1.82, 2.24) is 9.97 Å². The summed E-state index contributed by atoms with van der Waals surface area (Å²) in [5, 5.41) is 0.439. The first-order valence-corrected chi connectivity index (χ1v) is 6.50. The van der Waals surface area contributed by atoms with Gasteiger partial charge >= 0.3 is 0 Å². The summed E-state index contributed by atoms with van der Waals surface area (Å²) in [6.07, 6.45) is 8.24. The highest BCUT2D eigenvalue weighted by molar-refractivity contribution is 6.29. The Kier molecular flexibility index (Phi) is 4.18. The van der Waals surface area contributed by atoms with Crippen LogP contribution in [0.2, 0.25) is 5.15 Å². The zero-order chi connectivity index (χ0) is 12.3. The van der Waals surface area contributed by atoms with Crippen LogP contribution in [-0.4, -0.2) is 29.6 Å².